The lowest BCUT2D eigenvalue weighted by Crippen LogP contribution is -2.40. The predicted molar refractivity (Wildman–Crippen MR) is 167 cm³/mol. The van der Waals surface area contributed by atoms with E-state index in [0.717, 1.165) is 0 Å². The van der Waals surface area contributed by atoms with Gasteiger partial charge in [0.05, 0.1) is 58.0 Å². The molecule has 0 N–H and O–H groups in total. The number of thiazole rings is 1. The Morgan fingerprint density at radius 2 is 1.52 bits per heavy atom. The molecule has 44 heavy (non-hydrogen) atoms. The van der Waals surface area contributed by atoms with Gasteiger partial charge in [0.25, 0.3) is 5.56 Å². The number of para-hydroxylation sites is 1. The van der Waals surface area contributed by atoms with Crippen molar-refractivity contribution in [2.45, 2.75) is 13.0 Å². The van der Waals surface area contributed by atoms with E-state index in [4.69, 9.17) is 33.4 Å². The third-order valence-electron chi connectivity index (χ3n) is 7.09. The topological polar surface area (TPSA) is 107 Å². The predicted octanol–water partition coefficient (Wildman–Crippen LogP) is 3.98. The maximum atomic E-state index is 14.3. The van der Waals surface area contributed by atoms with Crippen LogP contribution in [-0.4, -0.2) is 52.7 Å². The second-order valence-electron chi connectivity index (χ2n) is 9.47. The van der Waals surface area contributed by atoms with Gasteiger partial charge < -0.3 is 28.4 Å². The summed E-state index contributed by atoms with van der Waals surface area (Å²) in [6.07, 6.45) is 1.73. The summed E-state index contributed by atoms with van der Waals surface area (Å²) < 4.78 is 35.3. The zero-order chi connectivity index (χ0) is 31.4. The van der Waals surface area contributed by atoms with Crippen LogP contribution < -0.4 is 38.6 Å². The zero-order valence-electron chi connectivity index (χ0n) is 25.2. The number of hydrogen-bond donors (Lipinski definition) is 0. The highest BCUT2D eigenvalue weighted by atomic mass is 32.1. The lowest BCUT2D eigenvalue weighted by atomic mass is 9.92. The van der Waals surface area contributed by atoms with E-state index < -0.39 is 12.0 Å². The van der Waals surface area contributed by atoms with Crippen LogP contribution in [0.4, 0.5) is 0 Å². The highest BCUT2D eigenvalue weighted by Gasteiger charge is 2.37. The molecule has 11 heteroatoms. The average Bonchev–Trinajstić information content (AvgIpc) is 3.37. The van der Waals surface area contributed by atoms with Gasteiger partial charge in [0.2, 0.25) is 5.75 Å². The number of hydrogen-bond acceptors (Lipinski definition) is 10. The van der Waals surface area contributed by atoms with Crippen LogP contribution in [-0.2, 0) is 9.53 Å². The average molecular weight is 617 g/mol. The first-order chi connectivity index (χ1) is 21.4. The van der Waals surface area contributed by atoms with Crippen molar-refractivity contribution in [3.8, 4) is 28.7 Å². The Kier molecular flexibility index (Phi) is 9.05. The van der Waals surface area contributed by atoms with Crippen LogP contribution >= 0.6 is 11.3 Å². The van der Waals surface area contributed by atoms with Crippen LogP contribution in [0.25, 0.3) is 11.8 Å². The molecule has 0 fully saturated rings. The van der Waals surface area contributed by atoms with Crippen molar-refractivity contribution < 1.29 is 33.2 Å². The first-order valence-electron chi connectivity index (χ1n) is 13.7. The van der Waals surface area contributed by atoms with E-state index in [0.29, 0.717) is 60.5 Å². The summed E-state index contributed by atoms with van der Waals surface area (Å²) in [6.45, 7) is 1.87. The maximum Gasteiger partial charge on any atom is 0.338 e. The minimum atomic E-state index is -0.937. The summed E-state index contributed by atoms with van der Waals surface area (Å²) >= 11 is 1.20. The van der Waals surface area contributed by atoms with Crippen molar-refractivity contribution in [3.63, 3.8) is 0 Å². The van der Waals surface area contributed by atoms with E-state index in [1.807, 2.05) is 30.3 Å². The number of carbonyl (C=O) groups is 1. The van der Waals surface area contributed by atoms with Gasteiger partial charge in [-0.1, -0.05) is 53.8 Å². The molecule has 0 saturated heterocycles. The summed E-state index contributed by atoms with van der Waals surface area (Å²) in [5, 5.41) is 0. The zero-order valence-corrected chi connectivity index (χ0v) is 26.0. The molecule has 0 bridgehead atoms. The van der Waals surface area contributed by atoms with Crippen LogP contribution in [0.5, 0.6) is 28.7 Å². The molecule has 4 aromatic rings. The summed E-state index contributed by atoms with van der Waals surface area (Å²) in [5.41, 5.74) is 2.14. The van der Waals surface area contributed by atoms with Crippen molar-refractivity contribution in [2.75, 3.05) is 42.2 Å². The summed E-state index contributed by atoms with van der Waals surface area (Å²) in [6, 6.07) is 17.2. The Morgan fingerprint density at radius 3 is 2.11 bits per heavy atom. The first kappa shape index (κ1) is 30.4. The Bertz CT molecular complexity index is 1890. The Balaban J connectivity index is 1.86. The molecule has 1 aliphatic rings. The van der Waals surface area contributed by atoms with Gasteiger partial charge in [-0.3, -0.25) is 9.36 Å². The molecule has 1 unspecified atom stereocenters. The summed E-state index contributed by atoms with van der Waals surface area (Å²) in [4.78, 5) is 33.4. The number of benzene rings is 3. The number of carbonyl (C=O) groups excluding carboxylic acids is 1. The van der Waals surface area contributed by atoms with E-state index in [1.54, 1.807) is 43.3 Å². The molecule has 2 heterocycles. The van der Waals surface area contributed by atoms with Gasteiger partial charge >= 0.3 is 5.97 Å². The molecule has 10 nitrogen and oxygen atoms in total. The fraction of sp³-hybridized carbons (Fsp3) is 0.242. The molecule has 1 aromatic heterocycles. The van der Waals surface area contributed by atoms with Crippen molar-refractivity contribution in [1.82, 2.24) is 4.57 Å². The highest BCUT2D eigenvalue weighted by molar-refractivity contribution is 7.07. The van der Waals surface area contributed by atoms with Gasteiger partial charge in [-0.05, 0) is 36.8 Å². The molecule has 0 spiro atoms. The Morgan fingerprint density at radius 1 is 0.864 bits per heavy atom. The van der Waals surface area contributed by atoms with E-state index in [2.05, 4.69) is 0 Å². The number of rotatable bonds is 10. The summed E-state index contributed by atoms with van der Waals surface area (Å²) in [7, 11) is 7.62. The normalized spacial score (nSPS) is 14.4. The minimum absolute atomic E-state index is 0.137. The van der Waals surface area contributed by atoms with E-state index in [9.17, 15) is 9.59 Å². The first-order valence-corrected chi connectivity index (χ1v) is 14.5. The molecule has 1 atom stereocenters. The van der Waals surface area contributed by atoms with Crippen molar-refractivity contribution in [2.24, 2.45) is 4.99 Å². The summed E-state index contributed by atoms with van der Waals surface area (Å²) in [5.74, 6) is 1.57. The second-order valence-corrected chi connectivity index (χ2v) is 10.5. The fourth-order valence-corrected chi connectivity index (χ4v) is 6.20. The van der Waals surface area contributed by atoms with Gasteiger partial charge in [0.15, 0.2) is 27.8 Å². The largest absolute Gasteiger partial charge is 0.493 e. The second kappa shape index (κ2) is 13.1. The van der Waals surface area contributed by atoms with Gasteiger partial charge in [0, 0.05) is 11.1 Å². The van der Waals surface area contributed by atoms with Crippen LogP contribution in [0.15, 0.2) is 76.0 Å². The third kappa shape index (κ3) is 5.42. The molecule has 0 saturated carbocycles. The van der Waals surface area contributed by atoms with Gasteiger partial charge in [-0.25, -0.2) is 9.79 Å². The number of ether oxygens (including phenoxy) is 6. The molecule has 3 aromatic carbocycles. The van der Waals surface area contributed by atoms with Gasteiger partial charge in [-0.15, -0.1) is 0 Å². The van der Waals surface area contributed by atoms with Gasteiger partial charge in [-0.2, -0.15) is 0 Å². The molecular formula is C33H32N2O8S. The Hall–Kier alpha value is -5.03. The molecule has 0 radical (unpaired) electrons. The van der Waals surface area contributed by atoms with Crippen molar-refractivity contribution in [1.29, 1.82) is 0 Å². The third-order valence-corrected chi connectivity index (χ3v) is 8.07. The lowest BCUT2D eigenvalue weighted by molar-refractivity contribution is -0.138. The molecular weight excluding hydrogens is 584 g/mol. The standard InChI is InChI=1S/C33H32N2O8S/c1-7-43-32(37)26-27(20-12-9-8-10-13-20)34-33-35(28(26)21-14-11-15-22(38-2)29(21)41-5)31(36)25(44-33)18-19-16-23(39-3)30(42-6)24(17-19)40-4/h8-18,28H,7H2,1-6H3. The number of fused-ring (bicyclic) bond motifs is 1. The van der Waals surface area contributed by atoms with Crippen LogP contribution in [0.2, 0.25) is 0 Å². The van der Waals surface area contributed by atoms with Crippen LogP contribution in [0, 0.1) is 0 Å². The monoisotopic (exact) mass is 616 g/mol. The highest BCUT2D eigenvalue weighted by Crippen LogP contribution is 2.42. The van der Waals surface area contributed by atoms with E-state index in [-0.39, 0.29) is 17.7 Å². The Labute approximate surface area is 258 Å². The van der Waals surface area contributed by atoms with E-state index in [1.165, 1.54) is 51.5 Å². The van der Waals surface area contributed by atoms with Crippen molar-refractivity contribution >= 4 is 29.1 Å². The SMILES string of the molecule is CCOC(=O)C1=C(c2ccccc2)N=c2sc(=Cc3cc(OC)c(OC)c(OC)c3)c(=O)n2C1c1cccc(OC)c1OC. The molecule has 5 rings (SSSR count). The molecule has 0 aliphatic carbocycles. The fourth-order valence-electron chi connectivity index (χ4n) is 5.20. The number of esters is 1. The minimum Gasteiger partial charge on any atom is -0.493 e. The number of aromatic nitrogens is 1. The smallest absolute Gasteiger partial charge is 0.338 e. The quantitative estimate of drug-likeness (QED) is 0.247. The van der Waals surface area contributed by atoms with Crippen molar-refractivity contribution in [3.05, 3.63) is 103 Å². The molecule has 1 aliphatic heterocycles. The maximum absolute atomic E-state index is 14.3. The van der Waals surface area contributed by atoms with Gasteiger partial charge in [0.1, 0.15) is 6.04 Å². The molecule has 0 amide bonds. The molecule has 228 valence electrons. The number of methoxy groups -OCH3 is 5. The van der Waals surface area contributed by atoms with Crippen LogP contribution in [0.1, 0.15) is 29.7 Å². The number of nitrogens with zero attached hydrogens (tertiary/aromatic N) is 2. The van der Waals surface area contributed by atoms with E-state index >= 15 is 0 Å². The van der Waals surface area contributed by atoms with Crippen LogP contribution in [0.3, 0.4) is 0 Å². The lowest BCUT2D eigenvalue weighted by Gasteiger charge is -2.27.